The molecule has 0 spiro atoms. The van der Waals surface area contributed by atoms with Gasteiger partial charge in [0.1, 0.15) is 6.61 Å². The highest BCUT2D eigenvalue weighted by atomic mass is 35.5. The first-order chi connectivity index (χ1) is 16.4. The SMILES string of the molecule is COc1[nH]ncc1-c1ccc2c(C(=O)C3COc4ccc(Cl)cc4O3)cn(CCN(C)C)c2c1. The molecule has 0 fully saturated rings. The molecular formula is C25H25ClN4O4. The molecule has 9 heteroatoms. The van der Waals surface area contributed by atoms with Gasteiger partial charge in [0.15, 0.2) is 17.6 Å². The second-order valence-electron chi connectivity index (χ2n) is 8.46. The van der Waals surface area contributed by atoms with Crippen molar-refractivity contribution in [2.45, 2.75) is 12.6 Å². The first kappa shape index (κ1) is 22.3. The van der Waals surface area contributed by atoms with Crippen molar-refractivity contribution in [1.82, 2.24) is 19.7 Å². The van der Waals surface area contributed by atoms with Gasteiger partial charge in [0.05, 0.1) is 18.9 Å². The monoisotopic (exact) mass is 480 g/mol. The van der Waals surface area contributed by atoms with Crippen LogP contribution in [-0.2, 0) is 6.54 Å². The molecule has 4 aromatic rings. The van der Waals surface area contributed by atoms with E-state index in [4.69, 9.17) is 25.8 Å². The molecule has 34 heavy (non-hydrogen) atoms. The zero-order valence-corrected chi connectivity index (χ0v) is 19.9. The number of likely N-dealkylation sites (N-methyl/N-ethyl adjacent to an activating group) is 1. The molecule has 5 rings (SSSR count). The van der Waals surface area contributed by atoms with Crippen LogP contribution < -0.4 is 14.2 Å². The van der Waals surface area contributed by atoms with Crippen LogP contribution in [0.5, 0.6) is 17.4 Å². The molecule has 0 aliphatic carbocycles. The maximum atomic E-state index is 13.6. The highest BCUT2D eigenvalue weighted by molar-refractivity contribution is 6.30. The normalized spacial score (nSPS) is 15.1. The van der Waals surface area contributed by atoms with Gasteiger partial charge in [-0.15, -0.1) is 0 Å². The smallest absolute Gasteiger partial charge is 0.216 e. The predicted molar refractivity (Wildman–Crippen MR) is 130 cm³/mol. The number of rotatable bonds is 7. The Morgan fingerprint density at radius 1 is 1.26 bits per heavy atom. The van der Waals surface area contributed by atoms with Gasteiger partial charge in [0.25, 0.3) is 0 Å². The maximum Gasteiger partial charge on any atom is 0.216 e. The number of hydrogen-bond acceptors (Lipinski definition) is 6. The predicted octanol–water partition coefficient (Wildman–Crippen LogP) is 4.28. The Labute approximate surface area is 202 Å². The van der Waals surface area contributed by atoms with E-state index in [1.54, 1.807) is 31.5 Å². The van der Waals surface area contributed by atoms with Gasteiger partial charge in [-0.05, 0) is 37.9 Å². The summed E-state index contributed by atoms with van der Waals surface area (Å²) in [5.41, 5.74) is 3.35. The molecule has 0 bridgehead atoms. The van der Waals surface area contributed by atoms with Crippen LogP contribution in [0.2, 0.25) is 5.02 Å². The van der Waals surface area contributed by atoms with Gasteiger partial charge in [-0.25, -0.2) is 5.10 Å². The molecule has 1 aliphatic heterocycles. The number of Topliss-reactive ketones (excluding diaryl/α,β-unsaturated/α-hetero) is 1. The number of nitrogens with zero attached hydrogens (tertiary/aromatic N) is 3. The lowest BCUT2D eigenvalue weighted by Gasteiger charge is -2.25. The number of H-pyrrole nitrogens is 1. The van der Waals surface area contributed by atoms with Crippen molar-refractivity contribution in [2.75, 3.05) is 34.4 Å². The molecule has 0 radical (unpaired) electrons. The standard InChI is InChI=1S/C25H25ClN4O4/c1-29(2)8-9-30-13-19(24(31)23-14-33-21-7-5-16(26)11-22(21)34-23)17-6-4-15(10-20(17)30)18-12-27-28-25(18)32-3/h4-7,10-13,23H,8-9,14H2,1-3H3,(H,27,28). The average molecular weight is 481 g/mol. The molecule has 0 saturated heterocycles. The Balaban J connectivity index is 1.53. The molecular weight excluding hydrogens is 456 g/mol. The van der Waals surface area contributed by atoms with Gasteiger partial charge in [0, 0.05) is 46.8 Å². The minimum atomic E-state index is -0.757. The maximum absolute atomic E-state index is 13.6. The number of nitrogens with one attached hydrogen (secondary N) is 1. The summed E-state index contributed by atoms with van der Waals surface area (Å²) in [5, 5.41) is 8.33. The quantitative estimate of drug-likeness (QED) is 0.398. The molecule has 3 heterocycles. The zero-order chi connectivity index (χ0) is 23.8. The van der Waals surface area contributed by atoms with E-state index in [2.05, 4.69) is 25.7 Å². The Morgan fingerprint density at radius 3 is 2.91 bits per heavy atom. The number of aromatic nitrogens is 3. The van der Waals surface area contributed by atoms with E-state index in [9.17, 15) is 4.79 Å². The summed E-state index contributed by atoms with van der Waals surface area (Å²) in [6.45, 7) is 1.69. The van der Waals surface area contributed by atoms with Gasteiger partial charge < -0.3 is 23.7 Å². The van der Waals surface area contributed by atoms with Crippen LogP contribution in [0.4, 0.5) is 0 Å². The van der Waals surface area contributed by atoms with E-state index < -0.39 is 6.10 Å². The third-order valence-corrected chi connectivity index (χ3v) is 6.15. The fourth-order valence-electron chi connectivity index (χ4n) is 4.13. The number of ether oxygens (including phenoxy) is 3. The summed E-state index contributed by atoms with van der Waals surface area (Å²) in [6.07, 6.45) is 2.88. The molecule has 176 valence electrons. The van der Waals surface area contributed by atoms with Crippen molar-refractivity contribution in [3.05, 3.63) is 59.4 Å². The molecule has 1 unspecified atom stereocenters. The van der Waals surface area contributed by atoms with Crippen LogP contribution in [0.3, 0.4) is 0 Å². The first-order valence-corrected chi connectivity index (χ1v) is 11.3. The van der Waals surface area contributed by atoms with E-state index >= 15 is 0 Å². The van der Waals surface area contributed by atoms with Crippen LogP contribution in [-0.4, -0.2) is 65.9 Å². The summed E-state index contributed by atoms with van der Waals surface area (Å²) in [5.74, 6) is 1.52. The van der Waals surface area contributed by atoms with E-state index in [0.29, 0.717) is 28.0 Å². The summed E-state index contributed by atoms with van der Waals surface area (Å²) in [4.78, 5) is 15.7. The summed E-state index contributed by atoms with van der Waals surface area (Å²) >= 11 is 6.10. The third kappa shape index (κ3) is 4.10. The lowest BCUT2D eigenvalue weighted by Crippen LogP contribution is -2.36. The number of carbonyl (C=O) groups is 1. The minimum Gasteiger partial charge on any atom is -0.485 e. The third-order valence-electron chi connectivity index (χ3n) is 5.91. The topological polar surface area (TPSA) is 81.6 Å². The second kappa shape index (κ2) is 9.04. The number of benzene rings is 2. The molecule has 2 aromatic carbocycles. The number of aromatic amines is 1. The molecule has 1 N–H and O–H groups in total. The van der Waals surface area contributed by atoms with E-state index in [-0.39, 0.29) is 12.4 Å². The van der Waals surface area contributed by atoms with Gasteiger partial charge in [0.2, 0.25) is 11.7 Å². The fourth-order valence-corrected chi connectivity index (χ4v) is 4.29. The lowest BCUT2D eigenvalue weighted by atomic mass is 10.0. The molecule has 2 aromatic heterocycles. The number of hydrogen-bond donors (Lipinski definition) is 1. The van der Waals surface area contributed by atoms with Crippen LogP contribution in [0.15, 0.2) is 48.8 Å². The second-order valence-corrected chi connectivity index (χ2v) is 8.90. The Morgan fingerprint density at radius 2 is 2.12 bits per heavy atom. The van der Waals surface area contributed by atoms with Crippen molar-refractivity contribution in [2.24, 2.45) is 0 Å². The van der Waals surface area contributed by atoms with Gasteiger partial charge in [-0.1, -0.05) is 23.7 Å². The Bertz CT molecular complexity index is 1360. The van der Waals surface area contributed by atoms with Crippen molar-refractivity contribution < 1.29 is 19.0 Å². The van der Waals surface area contributed by atoms with Crippen LogP contribution in [0.1, 0.15) is 10.4 Å². The van der Waals surface area contributed by atoms with E-state index in [1.807, 2.05) is 32.4 Å². The largest absolute Gasteiger partial charge is 0.485 e. The molecule has 0 saturated carbocycles. The van der Waals surface area contributed by atoms with Crippen LogP contribution >= 0.6 is 11.6 Å². The van der Waals surface area contributed by atoms with Gasteiger partial charge in [-0.3, -0.25) is 4.79 Å². The summed E-state index contributed by atoms with van der Waals surface area (Å²) < 4.78 is 19.3. The average Bonchev–Trinajstić information content (AvgIpc) is 3.46. The summed E-state index contributed by atoms with van der Waals surface area (Å²) in [6, 6.07) is 11.1. The molecule has 1 aliphatic rings. The number of methoxy groups -OCH3 is 1. The number of carbonyl (C=O) groups excluding carboxylic acids is 1. The zero-order valence-electron chi connectivity index (χ0n) is 19.2. The lowest BCUT2D eigenvalue weighted by molar-refractivity contribution is 0.0587. The first-order valence-electron chi connectivity index (χ1n) is 10.9. The molecule has 0 amide bonds. The highest BCUT2D eigenvalue weighted by Crippen LogP contribution is 2.36. The summed E-state index contributed by atoms with van der Waals surface area (Å²) in [7, 11) is 5.65. The number of fused-ring (bicyclic) bond motifs is 2. The van der Waals surface area contributed by atoms with E-state index in [1.165, 1.54) is 0 Å². The Hall–Kier alpha value is -3.49. The minimum absolute atomic E-state index is 0.132. The Kier molecular flexibility index (Phi) is 5.93. The van der Waals surface area contributed by atoms with Gasteiger partial charge in [-0.2, -0.15) is 5.10 Å². The van der Waals surface area contributed by atoms with Crippen molar-refractivity contribution in [3.63, 3.8) is 0 Å². The molecule has 1 atom stereocenters. The molecule has 8 nitrogen and oxygen atoms in total. The van der Waals surface area contributed by atoms with Gasteiger partial charge >= 0.3 is 0 Å². The highest BCUT2D eigenvalue weighted by Gasteiger charge is 2.31. The van der Waals surface area contributed by atoms with Crippen molar-refractivity contribution in [3.8, 4) is 28.5 Å². The fraction of sp³-hybridized carbons (Fsp3) is 0.280. The number of ketones is 1. The van der Waals surface area contributed by atoms with Crippen molar-refractivity contribution >= 4 is 28.3 Å². The van der Waals surface area contributed by atoms with Crippen LogP contribution in [0, 0.1) is 0 Å². The van der Waals surface area contributed by atoms with Crippen molar-refractivity contribution in [1.29, 1.82) is 0 Å². The number of halogens is 1. The van der Waals surface area contributed by atoms with Crippen LogP contribution in [0.25, 0.3) is 22.0 Å². The van der Waals surface area contributed by atoms with E-state index in [0.717, 1.165) is 35.1 Å².